The molecule has 2 aliphatic rings. The Balaban J connectivity index is 1.63. The number of aryl methyl sites for hydroxylation is 1. The first-order chi connectivity index (χ1) is 10.9. The normalized spacial score (nSPS) is 19.0. The molecule has 1 saturated heterocycles. The number of piperazine rings is 1. The fourth-order valence-corrected chi connectivity index (χ4v) is 3.37. The van der Waals surface area contributed by atoms with Gasteiger partial charge in [-0.25, -0.2) is 0 Å². The van der Waals surface area contributed by atoms with Gasteiger partial charge in [0.2, 0.25) is 0 Å². The third-order valence-corrected chi connectivity index (χ3v) is 4.64. The number of anilines is 1. The second kappa shape index (κ2) is 7.51. The van der Waals surface area contributed by atoms with Crippen molar-refractivity contribution < 1.29 is 4.74 Å². The molecule has 3 rings (SSSR count). The molecule has 0 bridgehead atoms. The van der Waals surface area contributed by atoms with Crippen molar-refractivity contribution in [3.63, 3.8) is 0 Å². The molecule has 2 heterocycles. The molecule has 0 aromatic heterocycles. The molecule has 4 nitrogen and oxygen atoms in total. The summed E-state index contributed by atoms with van der Waals surface area (Å²) in [7, 11) is 0. The molecule has 1 fully saturated rings. The third kappa shape index (κ3) is 3.53. The lowest BCUT2D eigenvalue weighted by Crippen LogP contribution is -2.46. The summed E-state index contributed by atoms with van der Waals surface area (Å²) >= 11 is 0. The molecule has 0 saturated carbocycles. The monoisotopic (exact) mass is 299 g/mol. The van der Waals surface area contributed by atoms with Gasteiger partial charge < -0.3 is 9.64 Å². The van der Waals surface area contributed by atoms with Gasteiger partial charge in [0.05, 0.1) is 18.4 Å². The number of fused-ring (bicyclic) bond motifs is 1. The highest BCUT2D eigenvalue weighted by molar-refractivity contribution is 5.62. The van der Waals surface area contributed by atoms with E-state index in [9.17, 15) is 0 Å². The van der Waals surface area contributed by atoms with E-state index >= 15 is 0 Å². The third-order valence-electron chi connectivity index (χ3n) is 4.64. The second-order valence-electron chi connectivity index (χ2n) is 6.16. The van der Waals surface area contributed by atoms with Crippen molar-refractivity contribution in [3.8, 4) is 11.8 Å². The molecular weight excluding hydrogens is 274 g/mol. The number of nitriles is 1. The lowest BCUT2D eigenvalue weighted by atomic mass is 10.1. The van der Waals surface area contributed by atoms with E-state index in [1.807, 2.05) is 0 Å². The van der Waals surface area contributed by atoms with Crippen molar-refractivity contribution in [2.24, 2.45) is 0 Å². The van der Waals surface area contributed by atoms with E-state index in [1.54, 1.807) is 0 Å². The van der Waals surface area contributed by atoms with Crippen molar-refractivity contribution in [1.29, 1.82) is 5.26 Å². The van der Waals surface area contributed by atoms with Gasteiger partial charge in [0.15, 0.2) is 0 Å². The summed E-state index contributed by atoms with van der Waals surface area (Å²) in [4.78, 5) is 4.93. The van der Waals surface area contributed by atoms with Crippen LogP contribution in [0.5, 0.6) is 5.75 Å². The Bertz CT molecular complexity index is 530. The van der Waals surface area contributed by atoms with E-state index in [0.29, 0.717) is 6.42 Å². The number of benzene rings is 1. The zero-order valence-electron chi connectivity index (χ0n) is 13.3. The number of unbranched alkanes of at least 4 members (excludes halogenated alkanes) is 1. The summed E-state index contributed by atoms with van der Waals surface area (Å²) in [5.41, 5.74) is 2.64. The average molecular weight is 299 g/mol. The predicted octanol–water partition coefficient (Wildman–Crippen LogP) is 2.83. The quantitative estimate of drug-likeness (QED) is 0.802. The topological polar surface area (TPSA) is 39.5 Å². The summed E-state index contributed by atoms with van der Waals surface area (Å²) in [6.07, 6.45) is 5.17. The van der Waals surface area contributed by atoms with E-state index in [-0.39, 0.29) is 0 Å². The SMILES string of the molecule is N#CCCCN1CCN(c2cccc3c2OCCCC3)CC1. The molecular formula is C18H25N3O. The molecule has 22 heavy (non-hydrogen) atoms. The first kappa shape index (κ1) is 15.2. The van der Waals surface area contributed by atoms with E-state index in [1.165, 1.54) is 17.7 Å². The highest BCUT2D eigenvalue weighted by atomic mass is 16.5. The Kier molecular flexibility index (Phi) is 5.18. The van der Waals surface area contributed by atoms with Crippen LogP contribution in [-0.2, 0) is 6.42 Å². The average Bonchev–Trinajstić information content (AvgIpc) is 2.81. The lowest BCUT2D eigenvalue weighted by Gasteiger charge is -2.37. The van der Waals surface area contributed by atoms with Gasteiger partial charge in [-0.3, -0.25) is 4.90 Å². The Morgan fingerprint density at radius 2 is 2.00 bits per heavy atom. The minimum Gasteiger partial charge on any atom is -0.491 e. The van der Waals surface area contributed by atoms with Crippen LogP contribution in [0.15, 0.2) is 18.2 Å². The van der Waals surface area contributed by atoms with Gasteiger partial charge in [-0.2, -0.15) is 5.26 Å². The summed E-state index contributed by atoms with van der Waals surface area (Å²) in [6, 6.07) is 8.81. The molecule has 0 radical (unpaired) electrons. The van der Waals surface area contributed by atoms with Gasteiger partial charge >= 0.3 is 0 Å². The first-order valence-electron chi connectivity index (χ1n) is 8.47. The molecule has 0 unspecified atom stereocenters. The second-order valence-corrected chi connectivity index (χ2v) is 6.16. The van der Waals surface area contributed by atoms with Crippen molar-refractivity contribution in [2.75, 3.05) is 44.2 Å². The highest BCUT2D eigenvalue weighted by Gasteiger charge is 2.21. The Hall–Kier alpha value is -1.73. The highest BCUT2D eigenvalue weighted by Crippen LogP contribution is 2.35. The van der Waals surface area contributed by atoms with Gasteiger partial charge in [-0.1, -0.05) is 12.1 Å². The van der Waals surface area contributed by atoms with Crippen molar-refractivity contribution >= 4 is 5.69 Å². The zero-order chi connectivity index (χ0) is 15.2. The number of ether oxygens (including phenoxy) is 1. The van der Waals surface area contributed by atoms with Gasteiger partial charge in [0, 0.05) is 32.6 Å². The van der Waals surface area contributed by atoms with Crippen LogP contribution in [0.4, 0.5) is 5.69 Å². The Morgan fingerprint density at radius 1 is 1.14 bits per heavy atom. The van der Waals surface area contributed by atoms with Crippen molar-refractivity contribution in [2.45, 2.75) is 32.1 Å². The molecule has 4 heteroatoms. The van der Waals surface area contributed by atoms with Gasteiger partial charge in [0.25, 0.3) is 0 Å². The molecule has 0 N–H and O–H groups in total. The predicted molar refractivity (Wildman–Crippen MR) is 88.4 cm³/mol. The van der Waals surface area contributed by atoms with Gasteiger partial charge in [-0.05, 0) is 43.9 Å². The standard InChI is InChI=1S/C18H25N3O/c19-9-2-3-10-20-11-13-21(14-12-20)17-8-5-7-16-6-1-4-15-22-18(16)17/h5,7-8H,1-4,6,10-15H2. The first-order valence-corrected chi connectivity index (χ1v) is 8.47. The molecule has 2 aliphatic heterocycles. The minimum absolute atomic E-state index is 0.667. The fourth-order valence-electron chi connectivity index (χ4n) is 3.37. The van der Waals surface area contributed by atoms with Crippen LogP contribution in [0, 0.1) is 11.3 Å². The lowest BCUT2D eigenvalue weighted by molar-refractivity contribution is 0.254. The van der Waals surface area contributed by atoms with Gasteiger partial charge in [0.1, 0.15) is 5.75 Å². The van der Waals surface area contributed by atoms with Crippen LogP contribution >= 0.6 is 0 Å². The van der Waals surface area contributed by atoms with E-state index in [2.05, 4.69) is 34.1 Å². The van der Waals surface area contributed by atoms with Crippen LogP contribution < -0.4 is 9.64 Å². The van der Waals surface area contributed by atoms with Crippen LogP contribution in [0.1, 0.15) is 31.2 Å². The Labute approximate surface area is 133 Å². The maximum Gasteiger partial charge on any atom is 0.145 e. The number of para-hydroxylation sites is 1. The largest absolute Gasteiger partial charge is 0.491 e. The number of nitrogens with zero attached hydrogens (tertiary/aromatic N) is 3. The molecule has 0 aliphatic carbocycles. The summed E-state index contributed by atoms with van der Waals surface area (Å²) in [5.74, 6) is 1.12. The van der Waals surface area contributed by atoms with E-state index < -0.39 is 0 Å². The molecule has 118 valence electrons. The van der Waals surface area contributed by atoms with Crippen LogP contribution in [-0.4, -0.2) is 44.2 Å². The number of hydrogen-bond acceptors (Lipinski definition) is 4. The summed E-state index contributed by atoms with van der Waals surface area (Å²) in [5, 5.41) is 8.63. The summed E-state index contributed by atoms with van der Waals surface area (Å²) in [6.45, 7) is 6.14. The maximum atomic E-state index is 8.63. The number of rotatable bonds is 4. The number of hydrogen-bond donors (Lipinski definition) is 0. The fraction of sp³-hybridized carbons (Fsp3) is 0.611. The van der Waals surface area contributed by atoms with Crippen LogP contribution in [0.2, 0.25) is 0 Å². The maximum absolute atomic E-state index is 8.63. The molecule has 0 amide bonds. The smallest absolute Gasteiger partial charge is 0.145 e. The zero-order valence-corrected chi connectivity index (χ0v) is 13.3. The molecule has 0 atom stereocenters. The molecule has 1 aromatic carbocycles. The van der Waals surface area contributed by atoms with Crippen molar-refractivity contribution in [3.05, 3.63) is 23.8 Å². The molecule has 1 aromatic rings. The Morgan fingerprint density at radius 3 is 2.82 bits per heavy atom. The van der Waals surface area contributed by atoms with E-state index in [0.717, 1.165) is 64.3 Å². The summed E-state index contributed by atoms with van der Waals surface area (Å²) < 4.78 is 6.05. The minimum atomic E-state index is 0.667. The van der Waals surface area contributed by atoms with E-state index in [4.69, 9.17) is 10.00 Å². The van der Waals surface area contributed by atoms with Crippen molar-refractivity contribution in [1.82, 2.24) is 4.90 Å². The van der Waals surface area contributed by atoms with Crippen LogP contribution in [0.3, 0.4) is 0 Å². The van der Waals surface area contributed by atoms with Gasteiger partial charge in [-0.15, -0.1) is 0 Å². The van der Waals surface area contributed by atoms with Crippen LogP contribution in [0.25, 0.3) is 0 Å². The molecule has 0 spiro atoms.